The predicted molar refractivity (Wildman–Crippen MR) is 229 cm³/mol. The average molecular weight is 859 g/mol. The molecule has 324 valence electrons. The lowest BCUT2D eigenvalue weighted by atomic mass is 10.0. The van der Waals surface area contributed by atoms with Gasteiger partial charge in [0.15, 0.2) is 33.7 Å². The maximum atomic E-state index is 12.2. The van der Waals surface area contributed by atoms with Gasteiger partial charge in [0.2, 0.25) is 17.2 Å². The van der Waals surface area contributed by atoms with Gasteiger partial charge in [0.25, 0.3) is 0 Å². The van der Waals surface area contributed by atoms with Crippen molar-refractivity contribution in [1.29, 1.82) is 0 Å². The molecule has 0 unspecified atom stereocenters. The molecule has 1 fully saturated rings. The molecule has 2 aliphatic rings. The van der Waals surface area contributed by atoms with Gasteiger partial charge in [0.1, 0.15) is 38.1 Å². The maximum absolute atomic E-state index is 12.2. The Hall–Kier alpha value is -6.78. The Bertz CT molecular complexity index is 3230. The fraction of sp³-hybridized carbons (Fsp3) is 0.292. The lowest BCUT2D eigenvalue weighted by Crippen LogP contribution is -2.46. The second-order valence-corrected chi connectivity index (χ2v) is 16.8. The number of hydrogen-bond acceptors (Lipinski definition) is 15. The number of fused-ring (bicyclic) bond motifs is 6. The summed E-state index contributed by atoms with van der Waals surface area (Å²) in [5, 5.41) is 15.3. The van der Waals surface area contributed by atoms with Crippen LogP contribution in [0, 0.1) is 0 Å². The molecule has 5 aromatic heterocycles. The minimum atomic E-state index is -1.71. The number of rotatable bonds is 13. The quantitative estimate of drug-likeness (QED) is 0.0855. The normalized spacial score (nSPS) is 19.2. The second kappa shape index (κ2) is 14.9. The number of ether oxygens (including phenoxy) is 7. The van der Waals surface area contributed by atoms with Crippen LogP contribution in [-0.4, -0.2) is 60.4 Å². The third-order valence-electron chi connectivity index (χ3n) is 11.4. The molecule has 2 aliphatic heterocycles. The van der Waals surface area contributed by atoms with Crippen molar-refractivity contribution in [2.75, 3.05) is 19.8 Å². The van der Waals surface area contributed by atoms with Crippen LogP contribution in [0.1, 0.15) is 40.2 Å². The van der Waals surface area contributed by atoms with Gasteiger partial charge >= 0.3 is 17.2 Å². The summed E-state index contributed by atoms with van der Waals surface area (Å²) in [6.07, 6.45) is 5.44. The van der Waals surface area contributed by atoms with Gasteiger partial charge in [-0.1, -0.05) is 6.58 Å². The van der Waals surface area contributed by atoms with Crippen LogP contribution in [0.4, 0.5) is 0 Å². The van der Waals surface area contributed by atoms with Crippen LogP contribution in [-0.2, 0) is 14.2 Å². The Kier molecular flexibility index (Phi) is 9.56. The van der Waals surface area contributed by atoms with Crippen molar-refractivity contribution in [3.63, 3.8) is 0 Å². The van der Waals surface area contributed by atoms with E-state index in [2.05, 4.69) is 6.58 Å². The highest BCUT2D eigenvalue weighted by Gasteiger charge is 2.55. The molecule has 1 N–H and O–H groups in total. The Morgan fingerprint density at radius 1 is 0.746 bits per heavy atom. The monoisotopic (exact) mass is 858 g/mol. The molecule has 63 heavy (non-hydrogen) atoms. The predicted octanol–water partition coefficient (Wildman–Crippen LogP) is 9.03. The van der Waals surface area contributed by atoms with Crippen LogP contribution in [0.2, 0.25) is 0 Å². The highest BCUT2D eigenvalue weighted by atomic mass is 16.9. The number of aliphatic hydroxyl groups is 1. The van der Waals surface area contributed by atoms with E-state index >= 15 is 0 Å². The molecule has 1 saturated heterocycles. The van der Waals surface area contributed by atoms with Gasteiger partial charge in [-0.2, -0.15) is 0 Å². The molecular formula is C48H42O15. The summed E-state index contributed by atoms with van der Waals surface area (Å²) in [7, 11) is 0. The summed E-state index contributed by atoms with van der Waals surface area (Å²) < 4.78 is 73.5. The fourth-order valence-electron chi connectivity index (χ4n) is 7.84. The van der Waals surface area contributed by atoms with Crippen LogP contribution in [0.3, 0.4) is 0 Å². The summed E-state index contributed by atoms with van der Waals surface area (Å²) in [4.78, 5) is 24.4. The first-order chi connectivity index (χ1) is 30.2. The van der Waals surface area contributed by atoms with E-state index in [1.54, 1.807) is 57.2 Å². The zero-order valence-electron chi connectivity index (χ0n) is 34.9. The van der Waals surface area contributed by atoms with E-state index in [-0.39, 0.29) is 54.0 Å². The Labute approximate surface area is 357 Å². The number of aliphatic hydroxyl groups excluding tert-OH is 1. The molecule has 1 spiro atoms. The van der Waals surface area contributed by atoms with Crippen LogP contribution in [0.15, 0.2) is 129 Å². The van der Waals surface area contributed by atoms with Crippen molar-refractivity contribution >= 4 is 60.9 Å². The molecule has 0 aliphatic carbocycles. The molecule has 10 rings (SSSR count). The van der Waals surface area contributed by atoms with E-state index in [1.165, 1.54) is 30.9 Å². The lowest BCUT2D eigenvalue weighted by Gasteiger charge is -2.35. The molecule has 0 amide bonds. The van der Waals surface area contributed by atoms with Gasteiger partial charge < -0.3 is 60.4 Å². The Morgan fingerprint density at radius 3 is 1.89 bits per heavy atom. The smallest absolute Gasteiger partial charge is 0.350 e. The molecule has 0 bridgehead atoms. The molecule has 15 heteroatoms. The van der Waals surface area contributed by atoms with Crippen LogP contribution < -0.4 is 30.2 Å². The standard InChI is InChI=1S/C48H42O15/c1-25(2)32(22-55-43-37-29(12-16-52-37)19-26-7-9-35(50)58-40(26)43)60-46(3,4)33(49)23-56-45-39-31(14-18-54-39)21-28-11-15-48(62-42(28)45)61-34(47(5,6)63-48)24-57-44-38-30(13-17-53-38)20-27-8-10-36(51)59-41(27)44/h7-21,32-34,49H,1,22-24H2,2-6H3/t32-,33+,34+,48+/m0/s1. The summed E-state index contributed by atoms with van der Waals surface area (Å²) in [6.45, 7) is 12.7. The van der Waals surface area contributed by atoms with E-state index in [0.29, 0.717) is 38.7 Å². The van der Waals surface area contributed by atoms with Crippen LogP contribution in [0.25, 0.3) is 60.9 Å². The summed E-state index contributed by atoms with van der Waals surface area (Å²) in [6, 6.07) is 17.0. The highest BCUT2D eigenvalue weighted by molar-refractivity contribution is 6.01. The van der Waals surface area contributed by atoms with Crippen molar-refractivity contribution < 1.29 is 60.4 Å². The van der Waals surface area contributed by atoms with Crippen molar-refractivity contribution in [3.05, 3.63) is 124 Å². The zero-order chi connectivity index (χ0) is 43.8. The maximum Gasteiger partial charge on any atom is 0.350 e. The van der Waals surface area contributed by atoms with Crippen molar-refractivity contribution in [1.82, 2.24) is 0 Å². The van der Waals surface area contributed by atoms with E-state index in [1.807, 2.05) is 38.1 Å². The van der Waals surface area contributed by atoms with E-state index in [0.717, 1.165) is 16.2 Å². The minimum Gasteiger partial charge on any atom is -0.483 e. The number of hydrogen-bond donors (Lipinski definition) is 1. The molecule has 0 radical (unpaired) electrons. The fourth-order valence-corrected chi connectivity index (χ4v) is 7.84. The molecular weight excluding hydrogens is 817 g/mol. The average Bonchev–Trinajstić information content (AvgIpc) is 4.06. The van der Waals surface area contributed by atoms with Gasteiger partial charge in [-0.3, -0.25) is 0 Å². The van der Waals surface area contributed by atoms with E-state index in [4.69, 9.17) is 55.2 Å². The number of furan rings is 3. The van der Waals surface area contributed by atoms with E-state index < -0.39 is 46.7 Å². The van der Waals surface area contributed by atoms with Crippen molar-refractivity contribution in [2.24, 2.45) is 0 Å². The van der Waals surface area contributed by atoms with Gasteiger partial charge in [-0.25, -0.2) is 9.59 Å². The Morgan fingerprint density at radius 2 is 1.29 bits per heavy atom. The van der Waals surface area contributed by atoms with E-state index in [9.17, 15) is 14.7 Å². The SMILES string of the molecule is C=C(C)[C@H](COc1c2occc2cc2ccc(=O)oc12)OC(C)(C)[C@H](O)COc1c2c(cc3ccoc13)C=C[C@]1(O2)O[C@H](COc2c3occc3cc3ccc(=O)oc23)C(C)(C)O1. The lowest BCUT2D eigenvalue weighted by molar-refractivity contribution is -0.271. The zero-order valence-corrected chi connectivity index (χ0v) is 34.9. The van der Waals surface area contributed by atoms with Gasteiger partial charge in [0, 0.05) is 50.7 Å². The minimum absolute atomic E-state index is 0.0318. The third kappa shape index (κ3) is 7.22. The third-order valence-corrected chi connectivity index (χ3v) is 11.4. The van der Waals surface area contributed by atoms with Crippen LogP contribution in [0.5, 0.6) is 23.0 Å². The first kappa shape index (κ1) is 40.3. The van der Waals surface area contributed by atoms with Crippen molar-refractivity contribution in [2.45, 2.75) is 70.1 Å². The first-order valence-electron chi connectivity index (χ1n) is 20.3. The summed E-state index contributed by atoms with van der Waals surface area (Å²) >= 11 is 0. The molecule has 3 aromatic carbocycles. The van der Waals surface area contributed by atoms with Crippen LogP contribution >= 0.6 is 0 Å². The van der Waals surface area contributed by atoms with Gasteiger partial charge in [-0.05, 0) is 94.8 Å². The summed E-state index contributed by atoms with van der Waals surface area (Å²) in [5.41, 5.74) is -0.287. The van der Waals surface area contributed by atoms with Gasteiger partial charge in [-0.15, -0.1) is 0 Å². The molecule has 15 nitrogen and oxygen atoms in total. The molecule has 8 aromatic rings. The molecule has 4 atom stereocenters. The van der Waals surface area contributed by atoms with Gasteiger partial charge in [0.05, 0.1) is 30.0 Å². The second-order valence-electron chi connectivity index (χ2n) is 16.8. The molecule has 0 saturated carbocycles. The van der Waals surface area contributed by atoms with Crippen molar-refractivity contribution in [3.8, 4) is 23.0 Å². The topological polar surface area (TPSA) is 185 Å². The largest absolute Gasteiger partial charge is 0.483 e. The first-order valence-corrected chi connectivity index (χ1v) is 20.3. The Balaban J connectivity index is 0.863. The molecule has 7 heterocycles. The highest BCUT2D eigenvalue weighted by Crippen LogP contribution is 2.49. The summed E-state index contributed by atoms with van der Waals surface area (Å²) in [5.74, 6) is -0.735. The number of benzene rings is 3.